The molecule has 0 atom stereocenters. The van der Waals surface area contributed by atoms with E-state index >= 15 is 0 Å². The number of nitrogens with zero attached hydrogens (tertiary/aromatic N) is 2. The lowest BCUT2D eigenvalue weighted by atomic mass is 9.97. The third kappa shape index (κ3) is 3.25. The van der Waals surface area contributed by atoms with Crippen molar-refractivity contribution in [2.75, 3.05) is 26.2 Å². The van der Waals surface area contributed by atoms with E-state index < -0.39 is 10.0 Å². The first kappa shape index (κ1) is 16.4. The zero-order valence-corrected chi connectivity index (χ0v) is 15.4. The van der Waals surface area contributed by atoms with Crippen molar-refractivity contribution >= 4 is 43.2 Å². The van der Waals surface area contributed by atoms with Crippen molar-refractivity contribution in [1.82, 2.24) is 9.21 Å². The molecule has 3 heterocycles. The molecule has 1 aromatic heterocycles. The second kappa shape index (κ2) is 6.59. The summed E-state index contributed by atoms with van der Waals surface area (Å²) in [4.78, 5) is 14.3. The summed E-state index contributed by atoms with van der Waals surface area (Å²) in [6.45, 7) is 2.59. The predicted octanol–water partition coefficient (Wildman–Crippen LogP) is 2.53. The molecule has 22 heavy (non-hydrogen) atoms. The molecule has 0 bridgehead atoms. The highest BCUT2D eigenvalue weighted by molar-refractivity contribution is 9.11. The van der Waals surface area contributed by atoms with Gasteiger partial charge in [-0.25, -0.2) is 8.42 Å². The summed E-state index contributed by atoms with van der Waals surface area (Å²) in [6, 6.07) is 3.38. The van der Waals surface area contributed by atoms with Crippen LogP contribution in [0.1, 0.15) is 25.7 Å². The van der Waals surface area contributed by atoms with E-state index in [1.807, 2.05) is 4.90 Å². The number of piperidine rings is 1. The molecule has 1 amide bonds. The summed E-state index contributed by atoms with van der Waals surface area (Å²) in [5, 5.41) is 0. The average molecular weight is 407 g/mol. The third-order valence-electron chi connectivity index (χ3n) is 4.36. The molecule has 3 rings (SSSR count). The van der Waals surface area contributed by atoms with Crippen LogP contribution in [0.3, 0.4) is 0 Å². The normalized spacial score (nSPS) is 21.4. The SMILES string of the molecule is O=C(C1CCN(S(=O)(=O)c2ccc(Br)s2)CC1)N1CCCC1. The van der Waals surface area contributed by atoms with Crippen LogP contribution >= 0.6 is 27.3 Å². The topological polar surface area (TPSA) is 57.7 Å². The van der Waals surface area contributed by atoms with Gasteiger partial charge in [0.15, 0.2) is 0 Å². The van der Waals surface area contributed by atoms with Gasteiger partial charge in [-0.3, -0.25) is 4.79 Å². The third-order valence-corrected chi connectivity index (χ3v) is 8.35. The molecule has 2 aliphatic heterocycles. The minimum Gasteiger partial charge on any atom is -0.342 e. The number of thiophene rings is 1. The fourth-order valence-corrected chi connectivity index (χ4v) is 6.74. The van der Waals surface area contributed by atoms with Crippen molar-refractivity contribution in [3.8, 4) is 0 Å². The second-order valence-corrected chi connectivity index (χ2v) is 10.4. The van der Waals surface area contributed by atoms with E-state index in [2.05, 4.69) is 15.9 Å². The Morgan fingerprint density at radius 2 is 1.77 bits per heavy atom. The van der Waals surface area contributed by atoms with Gasteiger partial charge in [0.25, 0.3) is 10.0 Å². The number of hydrogen-bond acceptors (Lipinski definition) is 4. The van der Waals surface area contributed by atoms with Crippen molar-refractivity contribution in [2.45, 2.75) is 29.9 Å². The molecule has 122 valence electrons. The van der Waals surface area contributed by atoms with Gasteiger partial charge < -0.3 is 4.90 Å². The largest absolute Gasteiger partial charge is 0.342 e. The van der Waals surface area contributed by atoms with Crippen LogP contribution in [0.5, 0.6) is 0 Å². The highest BCUT2D eigenvalue weighted by Crippen LogP contribution is 2.31. The summed E-state index contributed by atoms with van der Waals surface area (Å²) < 4.78 is 27.8. The molecule has 0 spiro atoms. The summed E-state index contributed by atoms with van der Waals surface area (Å²) in [5.41, 5.74) is 0. The van der Waals surface area contributed by atoms with Gasteiger partial charge in [-0.1, -0.05) is 0 Å². The van der Waals surface area contributed by atoms with Gasteiger partial charge in [0.2, 0.25) is 5.91 Å². The first-order chi connectivity index (χ1) is 10.5. The number of carbonyl (C=O) groups excluding carboxylic acids is 1. The lowest BCUT2D eigenvalue weighted by Gasteiger charge is -2.32. The van der Waals surface area contributed by atoms with Crippen LogP contribution < -0.4 is 0 Å². The Labute approximate surface area is 143 Å². The molecular weight excluding hydrogens is 388 g/mol. The predicted molar refractivity (Wildman–Crippen MR) is 89.3 cm³/mol. The van der Waals surface area contributed by atoms with E-state index in [4.69, 9.17) is 0 Å². The van der Waals surface area contributed by atoms with Gasteiger partial charge in [0.1, 0.15) is 4.21 Å². The molecule has 2 saturated heterocycles. The fourth-order valence-electron chi connectivity index (χ4n) is 3.10. The van der Waals surface area contributed by atoms with Crippen molar-refractivity contribution in [1.29, 1.82) is 0 Å². The summed E-state index contributed by atoms with van der Waals surface area (Å²) in [5.74, 6) is 0.202. The highest BCUT2D eigenvalue weighted by Gasteiger charge is 2.34. The van der Waals surface area contributed by atoms with E-state index in [9.17, 15) is 13.2 Å². The summed E-state index contributed by atoms with van der Waals surface area (Å²) in [6.07, 6.45) is 3.43. The van der Waals surface area contributed by atoms with E-state index in [1.165, 1.54) is 15.6 Å². The van der Waals surface area contributed by atoms with E-state index in [0.29, 0.717) is 30.1 Å². The molecule has 0 aliphatic carbocycles. The highest BCUT2D eigenvalue weighted by atomic mass is 79.9. The molecule has 0 saturated carbocycles. The molecule has 1 aromatic rings. The van der Waals surface area contributed by atoms with Crippen molar-refractivity contribution in [3.63, 3.8) is 0 Å². The van der Waals surface area contributed by atoms with Gasteiger partial charge in [-0.2, -0.15) is 4.31 Å². The van der Waals surface area contributed by atoms with Crippen LogP contribution in [0.15, 0.2) is 20.1 Å². The Hall–Kier alpha value is -0.440. The maximum atomic E-state index is 12.6. The number of carbonyl (C=O) groups is 1. The number of hydrogen-bond donors (Lipinski definition) is 0. The van der Waals surface area contributed by atoms with E-state index in [1.54, 1.807) is 12.1 Å². The van der Waals surface area contributed by atoms with Crippen molar-refractivity contribution in [3.05, 3.63) is 15.9 Å². The molecule has 0 aromatic carbocycles. The minimum absolute atomic E-state index is 0.0142. The Morgan fingerprint density at radius 3 is 2.32 bits per heavy atom. The summed E-state index contributed by atoms with van der Waals surface area (Å²) >= 11 is 4.53. The van der Waals surface area contributed by atoms with Gasteiger partial charge in [0, 0.05) is 32.1 Å². The molecule has 2 fully saturated rings. The monoisotopic (exact) mass is 406 g/mol. The average Bonchev–Trinajstić information content (AvgIpc) is 3.18. The molecule has 8 heteroatoms. The molecule has 0 N–H and O–H groups in total. The first-order valence-electron chi connectivity index (χ1n) is 7.53. The van der Waals surface area contributed by atoms with Gasteiger partial charge in [-0.05, 0) is 53.7 Å². The quantitative estimate of drug-likeness (QED) is 0.774. The Bertz CT molecular complexity index is 645. The lowest BCUT2D eigenvalue weighted by Crippen LogP contribution is -2.43. The Kier molecular flexibility index (Phi) is 4.92. The Balaban J connectivity index is 1.63. The number of rotatable bonds is 3. The lowest BCUT2D eigenvalue weighted by molar-refractivity contribution is -0.135. The van der Waals surface area contributed by atoms with Gasteiger partial charge in [-0.15, -0.1) is 11.3 Å². The minimum atomic E-state index is -3.41. The number of sulfonamides is 1. The zero-order valence-electron chi connectivity index (χ0n) is 12.2. The second-order valence-electron chi connectivity index (χ2n) is 5.77. The fraction of sp³-hybridized carbons (Fsp3) is 0.643. The van der Waals surface area contributed by atoms with Crippen LogP contribution in [0.2, 0.25) is 0 Å². The summed E-state index contributed by atoms with van der Waals surface area (Å²) in [7, 11) is -3.41. The maximum absolute atomic E-state index is 12.6. The smallest absolute Gasteiger partial charge is 0.252 e. The van der Waals surface area contributed by atoms with Gasteiger partial charge >= 0.3 is 0 Å². The maximum Gasteiger partial charge on any atom is 0.252 e. The van der Waals surface area contributed by atoms with Gasteiger partial charge in [0.05, 0.1) is 3.79 Å². The van der Waals surface area contributed by atoms with Crippen molar-refractivity contribution in [2.24, 2.45) is 5.92 Å². The number of amides is 1. The van der Waals surface area contributed by atoms with Crippen LogP contribution in [0.25, 0.3) is 0 Å². The molecule has 0 unspecified atom stereocenters. The number of halogens is 1. The van der Waals surface area contributed by atoms with Crippen LogP contribution in [0.4, 0.5) is 0 Å². The van der Waals surface area contributed by atoms with Crippen LogP contribution in [0, 0.1) is 5.92 Å². The molecule has 2 aliphatic rings. The molecule has 5 nitrogen and oxygen atoms in total. The number of likely N-dealkylation sites (tertiary alicyclic amines) is 1. The standard InChI is InChI=1S/C14H19BrN2O3S2/c15-12-3-4-13(21-12)22(19,20)17-9-5-11(6-10-17)14(18)16-7-1-2-8-16/h3-4,11H,1-2,5-10H2. The molecular formula is C14H19BrN2O3S2. The zero-order chi connectivity index (χ0) is 15.7. The van der Waals surface area contributed by atoms with E-state index in [-0.39, 0.29) is 11.8 Å². The van der Waals surface area contributed by atoms with Crippen LogP contribution in [-0.2, 0) is 14.8 Å². The first-order valence-corrected chi connectivity index (χ1v) is 10.6. The van der Waals surface area contributed by atoms with Crippen molar-refractivity contribution < 1.29 is 13.2 Å². The van der Waals surface area contributed by atoms with E-state index in [0.717, 1.165) is 29.7 Å². The van der Waals surface area contributed by atoms with Crippen LogP contribution in [-0.4, -0.2) is 49.7 Å². The molecule has 0 radical (unpaired) electrons. The Morgan fingerprint density at radius 1 is 1.14 bits per heavy atom.